The summed E-state index contributed by atoms with van der Waals surface area (Å²) >= 11 is 0. The van der Waals surface area contributed by atoms with Crippen LogP contribution >= 0.6 is 0 Å². The van der Waals surface area contributed by atoms with Gasteiger partial charge in [0.2, 0.25) is 5.82 Å². The average molecular weight is 253 g/mol. The molecule has 3 nitrogen and oxygen atoms in total. The van der Waals surface area contributed by atoms with Gasteiger partial charge in [0.15, 0.2) is 0 Å². The highest BCUT2D eigenvalue weighted by Gasteiger charge is 2.39. The number of aryl methyl sites for hydroxylation is 1. The van der Waals surface area contributed by atoms with Gasteiger partial charge in [-0.1, -0.05) is 13.8 Å². The number of aromatic nitrogens is 2. The normalized spacial score (nSPS) is 16.2. The molecule has 0 amide bonds. The highest BCUT2D eigenvalue weighted by atomic mass is 19.4. The molecule has 0 bridgehead atoms. The molecule has 0 aliphatic carbocycles. The summed E-state index contributed by atoms with van der Waals surface area (Å²) in [5, 5.41) is 0.490. The highest BCUT2D eigenvalue weighted by molar-refractivity contribution is 5.18. The van der Waals surface area contributed by atoms with Gasteiger partial charge in [0.25, 0.3) is 0 Å². The maximum Gasteiger partial charge on any atom is 0.449 e. The number of halogens is 4. The van der Waals surface area contributed by atoms with Gasteiger partial charge in [0, 0.05) is 13.1 Å². The minimum atomic E-state index is -4.47. The molecular formula is C10H15F4N3. The van der Waals surface area contributed by atoms with Crippen molar-refractivity contribution in [2.75, 3.05) is 6.54 Å². The molecule has 0 spiro atoms. The van der Waals surface area contributed by atoms with E-state index in [9.17, 15) is 17.7 Å². The van der Waals surface area contributed by atoms with Crippen LogP contribution in [-0.2, 0) is 19.3 Å². The van der Waals surface area contributed by atoms with E-state index in [1.54, 1.807) is 0 Å². The quantitative estimate of drug-likeness (QED) is 0.523. The summed E-state index contributed by atoms with van der Waals surface area (Å²) in [7, 11) is 0. The summed E-state index contributed by atoms with van der Waals surface area (Å²) < 4.78 is 51.4. The lowest BCUT2D eigenvalue weighted by molar-refractivity contribution is -0.148. The summed E-state index contributed by atoms with van der Waals surface area (Å²) in [6.07, 6.45) is -4.47. The fraction of sp³-hybridized carbons (Fsp3) is 0.700. The second kappa shape index (κ2) is 5.03. The summed E-state index contributed by atoms with van der Waals surface area (Å²) in [5.74, 6) is -0.928. The maximum atomic E-state index is 12.9. The van der Waals surface area contributed by atoms with Crippen molar-refractivity contribution in [2.24, 2.45) is 0 Å². The minimum Gasteiger partial charge on any atom is -0.321 e. The van der Waals surface area contributed by atoms with Crippen LogP contribution < -0.4 is 0 Å². The first-order valence-electron chi connectivity index (χ1n) is 5.43. The molecule has 17 heavy (non-hydrogen) atoms. The third-order valence-corrected chi connectivity index (χ3v) is 2.41. The Morgan fingerprint density at radius 2 is 1.76 bits per heavy atom. The molecule has 1 aromatic heterocycles. The van der Waals surface area contributed by atoms with Crippen LogP contribution in [0.25, 0.3) is 0 Å². The van der Waals surface area contributed by atoms with E-state index in [1.165, 1.54) is 6.92 Å². The van der Waals surface area contributed by atoms with Crippen LogP contribution in [0.15, 0.2) is 0 Å². The first kappa shape index (κ1) is 14.0. The molecule has 0 saturated heterocycles. The van der Waals surface area contributed by atoms with E-state index in [4.69, 9.17) is 0 Å². The zero-order valence-corrected chi connectivity index (χ0v) is 9.97. The van der Waals surface area contributed by atoms with Crippen molar-refractivity contribution in [1.82, 2.24) is 14.7 Å². The summed E-state index contributed by atoms with van der Waals surface area (Å²) in [4.78, 5) is 3.44. The van der Waals surface area contributed by atoms with E-state index >= 15 is 0 Å². The van der Waals surface area contributed by atoms with E-state index in [0.717, 1.165) is 4.57 Å². The number of rotatable bonds is 0. The lowest BCUT2D eigenvalue weighted by Crippen LogP contribution is -2.30. The van der Waals surface area contributed by atoms with Crippen LogP contribution in [0.2, 0.25) is 0 Å². The first-order valence-corrected chi connectivity index (χ1v) is 5.43. The smallest absolute Gasteiger partial charge is 0.321 e. The van der Waals surface area contributed by atoms with E-state index in [2.05, 4.69) is 4.98 Å². The molecule has 1 aliphatic heterocycles. The average Bonchev–Trinajstić information content (AvgIpc) is 2.59. The van der Waals surface area contributed by atoms with Crippen LogP contribution in [0.5, 0.6) is 0 Å². The molecule has 0 atom stereocenters. The van der Waals surface area contributed by atoms with Gasteiger partial charge < -0.3 is 4.57 Å². The Morgan fingerprint density at radius 3 is 2.29 bits per heavy atom. The second-order valence-electron chi connectivity index (χ2n) is 3.46. The van der Waals surface area contributed by atoms with Crippen molar-refractivity contribution in [2.45, 2.75) is 40.0 Å². The third kappa shape index (κ3) is 2.77. The van der Waals surface area contributed by atoms with E-state index in [0.29, 0.717) is 10.8 Å². The zero-order valence-electron chi connectivity index (χ0n) is 9.97. The Hall–Kier alpha value is -1.11. The molecule has 2 heterocycles. The monoisotopic (exact) mass is 253 g/mol. The van der Waals surface area contributed by atoms with Crippen molar-refractivity contribution in [1.29, 1.82) is 0 Å². The number of fused-ring (bicyclic) bond motifs is 1. The lowest BCUT2D eigenvalue weighted by atomic mass is 10.3. The Labute approximate surface area is 97.0 Å². The standard InChI is InChI=1S/C8H9F4N3.C2H6/c1-5-6-4-14(12)2-3-15(6)7(13-5)8(9,10)11;1-2/h2-4H2,1H3;1-2H3. The van der Waals surface area contributed by atoms with Crippen LogP contribution in [0.4, 0.5) is 17.7 Å². The molecule has 7 heteroatoms. The second-order valence-corrected chi connectivity index (χ2v) is 3.46. The van der Waals surface area contributed by atoms with Crippen LogP contribution in [0.1, 0.15) is 31.1 Å². The van der Waals surface area contributed by atoms with Crippen LogP contribution in [-0.4, -0.2) is 21.2 Å². The van der Waals surface area contributed by atoms with Gasteiger partial charge in [0.05, 0.1) is 17.9 Å². The Morgan fingerprint density at radius 1 is 1.18 bits per heavy atom. The van der Waals surface area contributed by atoms with Gasteiger partial charge in [0.1, 0.15) is 0 Å². The molecule has 2 rings (SSSR count). The van der Waals surface area contributed by atoms with Crippen molar-refractivity contribution >= 4 is 0 Å². The van der Waals surface area contributed by atoms with Gasteiger partial charge in [-0.3, -0.25) is 0 Å². The summed E-state index contributed by atoms with van der Waals surface area (Å²) in [6, 6.07) is 0. The fourth-order valence-electron chi connectivity index (χ4n) is 1.71. The molecule has 1 aromatic rings. The Kier molecular flexibility index (Phi) is 4.13. The van der Waals surface area contributed by atoms with Crippen molar-refractivity contribution in [3.05, 3.63) is 17.2 Å². The molecule has 0 fully saturated rings. The highest BCUT2D eigenvalue weighted by Crippen LogP contribution is 2.31. The lowest BCUT2D eigenvalue weighted by Gasteiger charge is -2.22. The molecule has 0 unspecified atom stereocenters. The molecule has 0 N–H and O–H groups in total. The molecule has 1 aliphatic rings. The van der Waals surface area contributed by atoms with Gasteiger partial charge in [-0.15, -0.1) is 9.60 Å². The van der Waals surface area contributed by atoms with Crippen LogP contribution in [0, 0.1) is 6.92 Å². The summed E-state index contributed by atoms with van der Waals surface area (Å²) in [5.41, 5.74) is 0.542. The molecule has 0 saturated carbocycles. The molecule has 0 aromatic carbocycles. The van der Waals surface area contributed by atoms with Gasteiger partial charge >= 0.3 is 6.18 Å². The third-order valence-electron chi connectivity index (χ3n) is 2.41. The molecule has 98 valence electrons. The van der Waals surface area contributed by atoms with Gasteiger partial charge in [-0.25, -0.2) is 4.98 Å². The van der Waals surface area contributed by atoms with Crippen molar-refractivity contribution in [3.8, 4) is 0 Å². The number of hydrogen-bond donors (Lipinski definition) is 0. The molecule has 0 radical (unpaired) electrons. The van der Waals surface area contributed by atoms with Gasteiger partial charge in [-0.2, -0.15) is 13.2 Å². The van der Waals surface area contributed by atoms with Crippen molar-refractivity contribution in [3.63, 3.8) is 0 Å². The SMILES string of the molecule is CC.Cc1nc(C(F)(F)F)n2c1CN(F)CC2. The Balaban J connectivity index is 0.000000686. The number of nitrogens with zero attached hydrogens (tertiary/aromatic N) is 3. The predicted molar refractivity (Wildman–Crippen MR) is 54.8 cm³/mol. The zero-order chi connectivity index (χ0) is 13.2. The molecular weight excluding hydrogens is 238 g/mol. The fourth-order valence-corrected chi connectivity index (χ4v) is 1.71. The number of hydrogen-bond acceptors (Lipinski definition) is 2. The van der Waals surface area contributed by atoms with Gasteiger partial charge in [-0.05, 0) is 6.92 Å². The Bertz CT molecular complexity index is 384. The maximum absolute atomic E-state index is 12.9. The minimum absolute atomic E-state index is 0.0124. The first-order chi connectivity index (χ1) is 7.89. The van der Waals surface area contributed by atoms with Crippen LogP contribution in [0.3, 0.4) is 0 Å². The largest absolute Gasteiger partial charge is 0.449 e. The predicted octanol–water partition coefficient (Wildman–Crippen LogP) is 2.94. The van der Waals surface area contributed by atoms with E-state index < -0.39 is 12.0 Å². The van der Waals surface area contributed by atoms with Crippen molar-refractivity contribution < 1.29 is 17.7 Å². The summed E-state index contributed by atoms with van der Waals surface area (Å²) in [6.45, 7) is 5.28. The van der Waals surface area contributed by atoms with E-state index in [1.807, 2.05) is 13.8 Å². The number of alkyl halides is 3. The van der Waals surface area contributed by atoms with E-state index in [-0.39, 0.29) is 25.3 Å². The number of imidazole rings is 1. The topological polar surface area (TPSA) is 21.1 Å².